The summed E-state index contributed by atoms with van der Waals surface area (Å²) in [6.07, 6.45) is 2.47. The van der Waals surface area contributed by atoms with Gasteiger partial charge in [0.25, 0.3) is 0 Å². The molecule has 0 amide bonds. The third-order valence-corrected chi connectivity index (χ3v) is 5.08. The van der Waals surface area contributed by atoms with Gasteiger partial charge in [-0.3, -0.25) is 0 Å². The van der Waals surface area contributed by atoms with Crippen LogP contribution in [0.25, 0.3) is 0 Å². The average molecular weight is 313 g/mol. The van der Waals surface area contributed by atoms with E-state index in [0.29, 0.717) is 12.4 Å². The molecule has 0 radical (unpaired) electrons. The third kappa shape index (κ3) is 5.63. The molecule has 0 saturated carbocycles. The number of sulfonamides is 1. The lowest BCUT2D eigenvalue weighted by molar-refractivity contribution is 0.263. The predicted octanol–water partition coefficient (Wildman–Crippen LogP) is 2.86. The molecule has 1 heterocycles. The first-order valence-electron chi connectivity index (χ1n) is 7.36. The molecule has 21 heavy (non-hydrogen) atoms. The van der Waals surface area contributed by atoms with Crippen LogP contribution in [0.3, 0.4) is 0 Å². The summed E-state index contributed by atoms with van der Waals surface area (Å²) in [7, 11) is -3.49. The van der Waals surface area contributed by atoms with Crippen LogP contribution in [-0.2, 0) is 10.0 Å². The summed E-state index contributed by atoms with van der Waals surface area (Å²) in [6, 6.07) is 3.08. The minimum absolute atomic E-state index is 0.0641. The summed E-state index contributed by atoms with van der Waals surface area (Å²) in [5.74, 6) is 0.829. The minimum atomic E-state index is -3.49. The van der Waals surface area contributed by atoms with Crippen LogP contribution in [0.2, 0.25) is 0 Å². The molecule has 5 nitrogen and oxygen atoms in total. The molecule has 2 N–H and O–H groups in total. The summed E-state index contributed by atoms with van der Waals surface area (Å²) in [4.78, 5) is 4.37. The van der Waals surface area contributed by atoms with Crippen molar-refractivity contribution < 1.29 is 8.42 Å². The SMILES string of the molecule is CCCNc1cc(S(=O)(=O)NCC(C)C(C)(C)C)ccn1. The number of aromatic nitrogens is 1. The van der Waals surface area contributed by atoms with E-state index < -0.39 is 10.0 Å². The molecule has 1 unspecified atom stereocenters. The molecule has 1 aromatic rings. The second kappa shape index (κ2) is 7.22. The van der Waals surface area contributed by atoms with Crippen LogP contribution >= 0.6 is 0 Å². The second-order valence-electron chi connectivity index (χ2n) is 6.42. The van der Waals surface area contributed by atoms with Crippen molar-refractivity contribution in [3.8, 4) is 0 Å². The fourth-order valence-corrected chi connectivity index (χ4v) is 2.70. The van der Waals surface area contributed by atoms with Crippen LogP contribution in [0.15, 0.2) is 23.2 Å². The molecule has 1 atom stereocenters. The average Bonchev–Trinajstić information content (AvgIpc) is 2.42. The van der Waals surface area contributed by atoms with Crippen molar-refractivity contribution in [3.05, 3.63) is 18.3 Å². The molecule has 0 bridgehead atoms. The maximum absolute atomic E-state index is 12.3. The molecule has 0 aliphatic carbocycles. The third-order valence-electron chi connectivity index (χ3n) is 3.66. The Bertz CT molecular complexity index is 550. The fourth-order valence-electron chi connectivity index (χ4n) is 1.55. The van der Waals surface area contributed by atoms with Crippen molar-refractivity contribution >= 4 is 15.8 Å². The van der Waals surface area contributed by atoms with Crippen molar-refractivity contribution in [2.75, 3.05) is 18.4 Å². The summed E-state index contributed by atoms with van der Waals surface area (Å²) >= 11 is 0. The van der Waals surface area contributed by atoms with Crippen molar-refractivity contribution in [1.82, 2.24) is 9.71 Å². The lowest BCUT2D eigenvalue weighted by Gasteiger charge is -2.27. The van der Waals surface area contributed by atoms with Crippen LogP contribution in [0, 0.1) is 11.3 Å². The maximum atomic E-state index is 12.3. The highest BCUT2D eigenvalue weighted by atomic mass is 32.2. The molecule has 6 heteroatoms. The number of rotatable bonds is 7. The highest BCUT2D eigenvalue weighted by Crippen LogP contribution is 2.25. The first-order valence-corrected chi connectivity index (χ1v) is 8.84. The number of nitrogens with zero attached hydrogens (tertiary/aromatic N) is 1. The molecule has 120 valence electrons. The van der Waals surface area contributed by atoms with E-state index in [2.05, 4.69) is 35.8 Å². The van der Waals surface area contributed by atoms with Gasteiger partial charge in [-0.05, 0) is 23.8 Å². The van der Waals surface area contributed by atoms with Crippen LogP contribution < -0.4 is 10.0 Å². The van der Waals surface area contributed by atoms with E-state index >= 15 is 0 Å². The molecular weight excluding hydrogens is 286 g/mol. The van der Waals surface area contributed by atoms with E-state index in [4.69, 9.17) is 0 Å². The standard InChI is InChI=1S/C15H27N3O2S/c1-6-8-16-14-10-13(7-9-17-14)21(19,20)18-11-12(2)15(3,4)5/h7,9-10,12,18H,6,8,11H2,1-5H3,(H,16,17). The highest BCUT2D eigenvalue weighted by Gasteiger charge is 2.23. The Balaban J connectivity index is 2.78. The van der Waals surface area contributed by atoms with Gasteiger partial charge in [0.05, 0.1) is 4.90 Å². The van der Waals surface area contributed by atoms with Crippen LogP contribution in [0.1, 0.15) is 41.0 Å². The smallest absolute Gasteiger partial charge is 0.240 e. The van der Waals surface area contributed by atoms with Gasteiger partial charge in [-0.15, -0.1) is 0 Å². The van der Waals surface area contributed by atoms with Crippen LogP contribution in [0.5, 0.6) is 0 Å². The zero-order valence-corrected chi connectivity index (χ0v) is 14.4. The molecule has 0 spiro atoms. The number of anilines is 1. The number of hydrogen-bond donors (Lipinski definition) is 2. The minimum Gasteiger partial charge on any atom is -0.370 e. The predicted molar refractivity (Wildman–Crippen MR) is 86.8 cm³/mol. The van der Waals surface area contributed by atoms with Gasteiger partial charge in [0.2, 0.25) is 10.0 Å². The van der Waals surface area contributed by atoms with Gasteiger partial charge in [-0.1, -0.05) is 34.6 Å². The first kappa shape index (κ1) is 17.9. The zero-order valence-electron chi connectivity index (χ0n) is 13.6. The molecule has 1 aromatic heterocycles. The second-order valence-corrected chi connectivity index (χ2v) is 8.19. The Morgan fingerprint density at radius 3 is 2.57 bits per heavy atom. The van der Waals surface area contributed by atoms with Crippen molar-refractivity contribution in [1.29, 1.82) is 0 Å². The Morgan fingerprint density at radius 1 is 1.33 bits per heavy atom. The van der Waals surface area contributed by atoms with E-state index in [-0.39, 0.29) is 16.2 Å². The lowest BCUT2D eigenvalue weighted by atomic mass is 9.82. The van der Waals surface area contributed by atoms with Crippen molar-refractivity contribution in [2.45, 2.75) is 45.9 Å². The van der Waals surface area contributed by atoms with Gasteiger partial charge in [0.1, 0.15) is 5.82 Å². The topological polar surface area (TPSA) is 71.1 Å². The van der Waals surface area contributed by atoms with E-state index in [1.165, 1.54) is 12.3 Å². The van der Waals surface area contributed by atoms with Crippen molar-refractivity contribution in [2.24, 2.45) is 11.3 Å². The van der Waals surface area contributed by atoms with Crippen LogP contribution in [-0.4, -0.2) is 26.5 Å². The zero-order chi connectivity index (χ0) is 16.1. The summed E-state index contributed by atoms with van der Waals surface area (Å²) < 4.78 is 27.3. The number of pyridine rings is 1. The van der Waals surface area contributed by atoms with Gasteiger partial charge in [-0.2, -0.15) is 0 Å². The molecule has 0 saturated heterocycles. The normalized spacial score (nSPS) is 14.0. The molecule has 0 aliphatic rings. The summed E-state index contributed by atoms with van der Waals surface area (Å²) in [6.45, 7) is 11.6. The molecule has 0 aromatic carbocycles. The summed E-state index contributed by atoms with van der Waals surface area (Å²) in [5.41, 5.74) is 0.0641. The number of nitrogens with one attached hydrogen (secondary N) is 2. The highest BCUT2D eigenvalue weighted by molar-refractivity contribution is 7.89. The summed E-state index contributed by atoms with van der Waals surface area (Å²) in [5, 5.41) is 3.09. The lowest BCUT2D eigenvalue weighted by Crippen LogP contribution is -2.33. The Kier molecular flexibility index (Phi) is 6.16. The van der Waals surface area contributed by atoms with Gasteiger partial charge >= 0.3 is 0 Å². The monoisotopic (exact) mass is 313 g/mol. The van der Waals surface area contributed by atoms with Gasteiger partial charge < -0.3 is 5.32 Å². The van der Waals surface area contributed by atoms with Gasteiger partial charge in [-0.25, -0.2) is 18.1 Å². The van der Waals surface area contributed by atoms with Crippen molar-refractivity contribution in [3.63, 3.8) is 0 Å². The van der Waals surface area contributed by atoms with E-state index in [0.717, 1.165) is 13.0 Å². The Morgan fingerprint density at radius 2 is 2.00 bits per heavy atom. The largest absolute Gasteiger partial charge is 0.370 e. The Hall–Kier alpha value is -1.14. The Labute approximate surface area is 128 Å². The van der Waals surface area contributed by atoms with E-state index in [1.54, 1.807) is 6.07 Å². The molecule has 0 aliphatic heterocycles. The van der Waals surface area contributed by atoms with Gasteiger partial charge in [0, 0.05) is 25.4 Å². The molecular formula is C15H27N3O2S. The van der Waals surface area contributed by atoms with E-state index in [1.807, 2.05) is 13.8 Å². The fraction of sp³-hybridized carbons (Fsp3) is 0.667. The quantitative estimate of drug-likeness (QED) is 0.812. The van der Waals surface area contributed by atoms with Gasteiger partial charge in [0.15, 0.2) is 0 Å². The maximum Gasteiger partial charge on any atom is 0.240 e. The van der Waals surface area contributed by atoms with Crippen LogP contribution in [0.4, 0.5) is 5.82 Å². The number of hydrogen-bond acceptors (Lipinski definition) is 4. The van der Waals surface area contributed by atoms with E-state index in [9.17, 15) is 8.42 Å². The molecule has 1 rings (SSSR count). The molecule has 0 fully saturated rings. The first-order chi connectivity index (χ1) is 9.66.